The average Bonchev–Trinajstić information content (AvgIpc) is 2.35. The van der Waals surface area contributed by atoms with Crippen molar-refractivity contribution in [3.8, 4) is 11.8 Å². The first-order chi connectivity index (χ1) is 9.02. The highest BCUT2D eigenvalue weighted by Gasteiger charge is 2.08. The van der Waals surface area contributed by atoms with Crippen LogP contribution in [0.4, 0.5) is 0 Å². The molecule has 0 aliphatic heterocycles. The normalized spacial score (nSPS) is 11.2. The first-order valence-electron chi connectivity index (χ1n) is 5.86. The van der Waals surface area contributed by atoms with Crippen molar-refractivity contribution in [2.45, 2.75) is 0 Å². The molecule has 5 nitrogen and oxygen atoms in total. The van der Waals surface area contributed by atoms with Crippen molar-refractivity contribution in [3.05, 3.63) is 35.4 Å². The van der Waals surface area contributed by atoms with Gasteiger partial charge in [0.15, 0.2) is 0 Å². The minimum Gasteiger partial charge on any atom is -0.508 e. The van der Waals surface area contributed by atoms with E-state index < -0.39 is 5.91 Å². The van der Waals surface area contributed by atoms with E-state index >= 15 is 0 Å². The summed E-state index contributed by atoms with van der Waals surface area (Å²) >= 11 is 0. The van der Waals surface area contributed by atoms with Gasteiger partial charge >= 0.3 is 0 Å². The van der Waals surface area contributed by atoms with Crippen LogP contribution in [0.15, 0.2) is 29.8 Å². The SMILES string of the molecule is CN(C)CCNC(=O)/C(C#N)=C/c1cccc(O)c1. The maximum Gasteiger partial charge on any atom is 0.261 e. The van der Waals surface area contributed by atoms with Crippen molar-refractivity contribution in [2.24, 2.45) is 0 Å². The monoisotopic (exact) mass is 259 g/mol. The molecule has 0 spiro atoms. The molecule has 0 heterocycles. The number of phenolic OH excluding ortho intramolecular Hbond substituents is 1. The van der Waals surface area contributed by atoms with Crippen LogP contribution in [0.25, 0.3) is 6.08 Å². The maximum absolute atomic E-state index is 11.8. The van der Waals surface area contributed by atoms with E-state index in [1.807, 2.05) is 25.1 Å². The van der Waals surface area contributed by atoms with E-state index in [0.29, 0.717) is 18.7 Å². The molecule has 0 unspecified atom stereocenters. The predicted molar refractivity (Wildman–Crippen MR) is 73.3 cm³/mol. The van der Waals surface area contributed by atoms with E-state index in [1.165, 1.54) is 18.2 Å². The summed E-state index contributed by atoms with van der Waals surface area (Å²) in [6, 6.07) is 8.25. The predicted octanol–water partition coefficient (Wildman–Crippen LogP) is 0.977. The second-order valence-corrected chi connectivity index (χ2v) is 4.32. The van der Waals surface area contributed by atoms with E-state index in [9.17, 15) is 9.90 Å². The Balaban J connectivity index is 2.72. The van der Waals surface area contributed by atoms with Crippen LogP contribution in [0.2, 0.25) is 0 Å². The summed E-state index contributed by atoms with van der Waals surface area (Å²) in [4.78, 5) is 13.7. The molecule has 19 heavy (non-hydrogen) atoms. The fraction of sp³-hybridized carbons (Fsp3) is 0.286. The Kier molecular flexibility index (Phi) is 5.58. The lowest BCUT2D eigenvalue weighted by atomic mass is 10.1. The van der Waals surface area contributed by atoms with Gasteiger partial charge in [-0.2, -0.15) is 5.26 Å². The standard InChI is InChI=1S/C14H17N3O2/c1-17(2)7-6-16-14(19)12(10-15)8-11-4-3-5-13(18)9-11/h3-5,8-9,18H,6-7H2,1-2H3,(H,16,19)/b12-8+. The number of hydrogen-bond donors (Lipinski definition) is 2. The van der Waals surface area contributed by atoms with Crippen LogP contribution in [0, 0.1) is 11.3 Å². The van der Waals surface area contributed by atoms with Gasteiger partial charge in [0, 0.05) is 13.1 Å². The van der Waals surface area contributed by atoms with Crippen molar-refractivity contribution in [2.75, 3.05) is 27.2 Å². The summed E-state index contributed by atoms with van der Waals surface area (Å²) in [5.74, 6) is -0.313. The van der Waals surface area contributed by atoms with E-state index in [4.69, 9.17) is 5.26 Å². The lowest BCUT2D eigenvalue weighted by molar-refractivity contribution is -0.117. The second-order valence-electron chi connectivity index (χ2n) is 4.32. The molecule has 0 aliphatic carbocycles. The van der Waals surface area contributed by atoms with Crippen molar-refractivity contribution >= 4 is 12.0 Å². The Bertz CT molecular complexity index is 516. The van der Waals surface area contributed by atoms with Gasteiger partial charge in [0.1, 0.15) is 17.4 Å². The topological polar surface area (TPSA) is 76.4 Å². The number of phenols is 1. The number of amides is 1. The smallest absolute Gasteiger partial charge is 0.261 e. The van der Waals surface area contributed by atoms with Gasteiger partial charge in [-0.3, -0.25) is 4.79 Å². The van der Waals surface area contributed by atoms with Gasteiger partial charge in [0.2, 0.25) is 0 Å². The van der Waals surface area contributed by atoms with Crippen molar-refractivity contribution in [1.82, 2.24) is 10.2 Å². The molecule has 0 radical (unpaired) electrons. The highest BCUT2D eigenvalue weighted by atomic mass is 16.3. The number of carbonyl (C=O) groups is 1. The highest BCUT2D eigenvalue weighted by Crippen LogP contribution is 2.13. The first kappa shape index (κ1) is 14.7. The number of carbonyl (C=O) groups excluding carboxylic acids is 1. The third kappa shape index (κ3) is 5.23. The zero-order valence-electron chi connectivity index (χ0n) is 11.1. The van der Waals surface area contributed by atoms with E-state index in [2.05, 4.69) is 5.32 Å². The van der Waals surface area contributed by atoms with Crippen LogP contribution in [-0.2, 0) is 4.79 Å². The lowest BCUT2D eigenvalue weighted by Crippen LogP contribution is -2.31. The van der Waals surface area contributed by atoms with E-state index in [0.717, 1.165) is 0 Å². The quantitative estimate of drug-likeness (QED) is 0.610. The molecule has 0 fully saturated rings. The molecule has 0 bridgehead atoms. The maximum atomic E-state index is 11.8. The van der Waals surface area contributed by atoms with Crippen LogP contribution in [0.5, 0.6) is 5.75 Å². The fourth-order valence-electron chi connectivity index (χ4n) is 1.42. The molecule has 100 valence electrons. The van der Waals surface area contributed by atoms with E-state index in [1.54, 1.807) is 12.1 Å². The van der Waals surface area contributed by atoms with Crippen LogP contribution in [0.1, 0.15) is 5.56 Å². The number of aromatic hydroxyl groups is 1. The van der Waals surface area contributed by atoms with Crippen molar-refractivity contribution in [3.63, 3.8) is 0 Å². The summed E-state index contributed by atoms with van der Waals surface area (Å²) in [6.45, 7) is 1.18. The van der Waals surface area contributed by atoms with Crippen molar-refractivity contribution in [1.29, 1.82) is 5.26 Å². The van der Waals surface area contributed by atoms with Gasteiger partial charge in [-0.05, 0) is 37.9 Å². The number of hydrogen-bond acceptors (Lipinski definition) is 4. The second kappa shape index (κ2) is 7.19. The largest absolute Gasteiger partial charge is 0.508 e. The third-order valence-corrected chi connectivity index (χ3v) is 2.39. The van der Waals surface area contributed by atoms with Crippen LogP contribution < -0.4 is 5.32 Å². The highest BCUT2D eigenvalue weighted by molar-refractivity contribution is 6.01. The number of likely N-dealkylation sites (N-methyl/N-ethyl adjacent to an activating group) is 1. The van der Waals surface area contributed by atoms with Crippen molar-refractivity contribution < 1.29 is 9.90 Å². The number of nitriles is 1. The molecule has 1 amide bonds. The average molecular weight is 259 g/mol. The molecule has 2 N–H and O–H groups in total. The summed E-state index contributed by atoms with van der Waals surface area (Å²) in [5.41, 5.74) is 0.628. The molecule has 5 heteroatoms. The molecule has 0 saturated carbocycles. The summed E-state index contributed by atoms with van der Waals surface area (Å²) in [7, 11) is 3.81. The Morgan fingerprint density at radius 2 is 2.26 bits per heavy atom. The number of benzene rings is 1. The van der Waals surface area contributed by atoms with Gasteiger partial charge in [-0.15, -0.1) is 0 Å². The van der Waals surface area contributed by atoms with Gasteiger partial charge in [0.05, 0.1) is 0 Å². The van der Waals surface area contributed by atoms with Gasteiger partial charge in [-0.25, -0.2) is 0 Å². The summed E-state index contributed by atoms with van der Waals surface area (Å²) in [6.07, 6.45) is 1.45. The zero-order valence-corrected chi connectivity index (χ0v) is 11.1. The molecule has 0 aromatic heterocycles. The minimum absolute atomic E-state index is 0.0179. The first-order valence-corrected chi connectivity index (χ1v) is 5.86. The number of nitrogens with zero attached hydrogens (tertiary/aromatic N) is 2. The summed E-state index contributed by atoms with van der Waals surface area (Å²) in [5, 5.41) is 21.0. The molecule has 1 aromatic rings. The van der Waals surface area contributed by atoms with Crippen LogP contribution in [-0.4, -0.2) is 43.1 Å². The number of rotatable bonds is 5. The van der Waals surface area contributed by atoms with E-state index in [-0.39, 0.29) is 11.3 Å². The lowest BCUT2D eigenvalue weighted by Gasteiger charge is -2.09. The Morgan fingerprint density at radius 1 is 1.53 bits per heavy atom. The Hall–Kier alpha value is -2.32. The molecule has 1 rings (SSSR count). The zero-order chi connectivity index (χ0) is 14.3. The fourth-order valence-corrected chi connectivity index (χ4v) is 1.42. The minimum atomic E-state index is -0.410. The summed E-state index contributed by atoms with van der Waals surface area (Å²) < 4.78 is 0. The van der Waals surface area contributed by atoms with Gasteiger partial charge in [0.25, 0.3) is 5.91 Å². The molecule has 0 saturated heterocycles. The van der Waals surface area contributed by atoms with Crippen LogP contribution in [0.3, 0.4) is 0 Å². The van der Waals surface area contributed by atoms with Gasteiger partial charge < -0.3 is 15.3 Å². The molecule has 1 aromatic carbocycles. The Morgan fingerprint density at radius 3 is 2.84 bits per heavy atom. The molecular formula is C14H17N3O2. The molecule has 0 aliphatic rings. The number of nitrogens with one attached hydrogen (secondary N) is 1. The molecular weight excluding hydrogens is 242 g/mol. The van der Waals surface area contributed by atoms with Crippen LogP contribution >= 0.6 is 0 Å². The third-order valence-electron chi connectivity index (χ3n) is 2.39. The molecule has 0 atom stereocenters. The Labute approximate surface area is 112 Å². The van der Waals surface area contributed by atoms with Gasteiger partial charge in [-0.1, -0.05) is 12.1 Å².